The summed E-state index contributed by atoms with van der Waals surface area (Å²) in [6.45, 7) is 2.02. The Balaban J connectivity index is 1.40. The van der Waals surface area contributed by atoms with Gasteiger partial charge >= 0.3 is 0 Å². The standard InChI is InChI=1S/C19H17N9S/c1-11-6-2-3-7-12(11)21-17-24-15(23-16(20)25-17)10-29-19-27-26-18-22-13-8-4-5-9-14(13)28(18)19/h2-9H,10H2,1H3,(H,22,26)(H3,20,21,23,24,25). The second kappa shape index (κ2) is 7.06. The third-order valence-corrected chi connectivity index (χ3v) is 5.36. The first kappa shape index (κ1) is 17.4. The number of rotatable bonds is 5. The molecule has 0 unspecified atom stereocenters. The van der Waals surface area contributed by atoms with Crippen LogP contribution in [0.15, 0.2) is 53.7 Å². The Hall–Kier alpha value is -3.66. The fourth-order valence-electron chi connectivity index (χ4n) is 3.06. The minimum absolute atomic E-state index is 0.173. The second-order valence-electron chi connectivity index (χ2n) is 6.43. The van der Waals surface area contributed by atoms with Gasteiger partial charge < -0.3 is 11.1 Å². The van der Waals surface area contributed by atoms with Crippen molar-refractivity contribution in [3.05, 3.63) is 59.9 Å². The molecule has 0 aliphatic heterocycles. The smallest absolute Gasteiger partial charge is 0.232 e. The lowest BCUT2D eigenvalue weighted by Gasteiger charge is -2.09. The van der Waals surface area contributed by atoms with E-state index in [2.05, 4.69) is 35.5 Å². The number of benzene rings is 2. The van der Waals surface area contributed by atoms with Crippen molar-refractivity contribution in [1.29, 1.82) is 0 Å². The van der Waals surface area contributed by atoms with Crippen LogP contribution in [0.25, 0.3) is 16.8 Å². The fourth-order valence-corrected chi connectivity index (χ4v) is 3.87. The molecule has 0 saturated heterocycles. The van der Waals surface area contributed by atoms with Crippen LogP contribution in [0.1, 0.15) is 11.4 Å². The van der Waals surface area contributed by atoms with Gasteiger partial charge in [-0.05, 0) is 30.7 Å². The van der Waals surface area contributed by atoms with Crippen molar-refractivity contribution in [2.45, 2.75) is 17.8 Å². The molecule has 0 saturated carbocycles. The summed E-state index contributed by atoms with van der Waals surface area (Å²) in [7, 11) is 0. The summed E-state index contributed by atoms with van der Waals surface area (Å²) >= 11 is 1.50. The number of anilines is 3. The maximum atomic E-state index is 5.90. The molecule has 0 spiro atoms. The zero-order valence-electron chi connectivity index (χ0n) is 15.5. The lowest BCUT2D eigenvalue weighted by molar-refractivity contribution is 0.931. The SMILES string of the molecule is Cc1ccccc1Nc1nc(N)nc(CSc2n[nH]c3nc4ccccc4n23)n1. The summed E-state index contributed by atoms with van der Waals surface area (Å²) in [4.78, 5) is 17.5. The van der Waals surface area contributed by atoms with Crippen LogP contribution in [0.3, 0.4) is 0 Å². The molecular formula is C19H17N9S. The van der Waals surface area contributed by atoms with E-state index in [1.165, 1.54) is 11.8 Å². The molecule has 0 aliphatic rings. The van der Waals surface area contributed by atoms with E-state index < -0.39 is 0 Å². The molecule has 3 heterocycles. The van der Waals surface area contributed by atoms with Crippen LogP contribution in [0.4, 0.5) is 17.6 Å². The van der Waals surface area contributed by atoms with Gasteiger partial charge in [-0.15, -0.1) is 5.10 Å². The summed E-state index contributed by atoms with van der Waals surface area (Å²) in [5, 5.41) is 11.3. The number of para-hydroxylation sites is 3. The number of H-pyrrole nitrogens is 1. The Kier molecular flexibility index (Phi) is 4.24. The average molecular weight is 403 g/mol. The van der Waals surface area contributed by atoms with Gasteiger partial charge in [0, 0.05) is 5.69 Å². The predicted molar refractivity (Wildman–Crippen MR) is 113 cm³/mol. The topological polar surface area (TPSA) is 123 Å². The van der Waals surface area contributed by atoms with Crippen LogP contribution in [0.5, 0.6) is 0 Å². The van der Waals surface area contributed by atoms with Crippen molar-refractivity contribution in [3.63, 3.8) is 0 Å². The van der Waals surface area contributed by atoms with Gasteiger partial charge in [-0.3, -0.25) is 4.40 Å². The molecule has 0 amide bonds. The molecule has 3 aromatic heterocycles. The van der Waals surface area contributed by atoms with Crippen molar-refractivity contribution >= 4 is 46.2 Å². The molecule has 9 nitrogen and oxygen atoms in total. The second-order valence-corrected chi connectivity index (χ2v) is 7.37. The van der Waals surface area contributed by atoms with Gasteiger partial charge in [-0.25, -0.2) is 10.1 Å². The number of nitrogens with one attached hydrogen (secondary N) is 2. The van der Waals surface area contributed by atoms with E-state index in [9.17, 15) is 0 Å². The largest absolute Gasteiger partial charge is 0.368 e. The van der Waals surface area contributed by atoms with Crippen LogP contribution < -0.4 is 11.1 Å². The number of imidazole rings is 1. The molecule has 10 heteroatoms. The first-order chi connectivity index (χ1) is 14.2. The van der Waals surface area contributed by atoms with Gasteiger partial charge in [0.1, 0.15) is 5.82 Å². The monoisotopic (exact) mass is 403 g/mol. The molecule has 29 heavy (non-hydrogen) atoms. The normalized spacial score (nSPS) is 11.3. The van der Waals surface area contributed by atoms with Gasteiger partial charge in [-0.1, -0.05) is 42.1 Å². The number of thioether (sulfide) groups is 1. The number of aryl methyl sites for hydroxylation is 1. The molecule has 0 fully saturated rings. The number of hydrogen-bond acceptors (Lipinski definition) is 8. The number of hydrogen-bond donors (Lipinski definition) is 3. The third kappa shape index (κ3) is 3.34. The zero-order chi connectivity index (χ0) is 19.8. The molecule has 0 bridgehead atoms. The number of fused-ring (bicyclic) bond motifs is 3. The highest BCUT2D eigenvalue weighted by atomic mass is 32.2. The van der Waals surface area contributed by atoms with E-state index in [0.29, 0.717) is 23.3 Å². The van der Waals surface area contributed by atoms with Crippen LogP contribution in [-0.4, -0.2) is 34.5 Å². The summed E-state index contributed by atoms with van der Waals surface area (Å²) in [5.41, 5.74) is 9.83. The highest BCUT2D eigenvalue weighted by molar-refractivity contribution is 7.98. The minimum atomic E-state index is 0.173. The van der Waals surface area contributed by atoms with E-state index in [-0.39, 0.29) is 5.95 Å². The molecule has 0 atom stereocenters. The number of nitrogens with two attached hydrogens (primary N) is 1. The molecular weight excluding hydrogens is 386 g/mol. The van der Waals surface area contributed by atoms with Gasteiger partial charge in [0.05, 0.1) is 16.8 Å². The lowest BCUT2D eigenvalue weighted by Crippen LogP contribution is -2.07. The quantitative estimate of drug-likeness (QED) is 0.382. The fraction of sp³-hybridized carbons (Fsp3) is 0.105. The molecule has 4 N–H and O–H groups in total. The number of aromatic amines is 1. The Morgan fingerprint density at radius 2 is 1.86 bits per heavy atom. The van der Waals surface area contributed by atoms with Crippen molar-refractivity contribution in [2.75, 3.05) is 11.1 Å². The molecule has 2 aromatic carbocycles. The first-order valence-electron chi connectivity index (χ1n) is 8.95. The Bertz CT molecular complexity index is 1320. The van der Waals surface area contributed by atoms with Crippen LogP contribution in [0.2, 0.25) is 0 Å². The number of aromatic nitrogens is 7. The Morgan fingerprint density at radius 1 is 1.03 bits per heavy atom. The van der Waals surface area contributed by atoms with Crippen molar-refractivity contribution in [1.82, 2.24) is 34.5 Å². The molecule has 144 valence electrons. The summed E-state index contributed by atoms with van der Waals surface area (Å²) in [6.07, 6.45) is 0. The van der Waals surface area contributed by atoms with Crippen molar-refractivity contribution < 1.29 is 0 Å². The third-order valence-electron chi connectivity index (χ3n) is 4.42. The summed E-state index contributed by atoms with van der Waals surface area (Å²) < 4.78 is 1.98. The first-order valence-corrected chi connectivity index (χ1v) is 9.93. The maximum Gasteiger partial charge on any atom is 0.232 e. The van der Waals surface area contributed by atoms with Crippen LogP contribution in [-0.2, 0) is 5.75 Å². The van der Waals surface area contributed by atoms with Crippen molar-refractivity contribution in [3.8, 4) is 0 Å². The van der Waals surface area contributed by atoms with Gasteiger partial charge in [0.15, 0.2) is 5.16 Å². The number of nitrogens with zero attached hydrogens (tertiary/aromatic N) is 6. The van der Waals surface area contributed by atoms with E-state index in [1.54, 1.807) is 0 Å². The molecule has 5 aromatic rings. The number of nitrogen functional groups attached to an aromatic ring is 1. The summed E-state index contributed by atoms with van der Waals surface area (Å²) in [5.74, 6) is 2.35. The van der Waals surface area contributed by atoms with E-state index in [4.69, 9.17) is 5.73 Å². The average Bonchev–Trinajstić information content (AvgIpc) is 3.27. The Morgan fingerprint density at radius 3 is 2.76 bits per heavy atom. The highest BCUT2D eigenvalue weighted by Crippen LogP contribution is 2.25. The van der Waals surface area contributed by atoms with E-state index in [0.717, 1.165) is 27.4 Å². The molecule has 0 radical (unpaired) electrons. The zero-order valence-corrected chi connectivity index (χ0v) is 16.3. The van der Waals surface area contributed by atoms with Gasteiger partial charge in [-0.2, -0.15) is 15.0 Å². The van der Waals surface area contributed by atoms with Crippen LogP contribution in [0, 0.1) is 6.92 Å². The van der Waals surface area contributed by atoms with E-state index in [1.807, 2.05) is 59.9 Å². The molecule has 0 aliphatic carbocycles. The highest BCUT2D eigenvalue weighted by Gasteiger charge is 2.13. The Labute approximate surface area is 169 Å². The van der Waals surface area contributed by atoms with Gasteiger partial charge in [0.25, 0.3) is 0 Å². The van der Waals surface area contributed by atoms with E-state index >= 15 is 0 Å². The van der Waals surface area contributed by atoms with Gasteiger partial charge in [0.2, 0.25) is 17.7 Å². The molecule has 5 rings (SSSR count). The maximum absolute atomic E-state index is 5.90. The summed E-state index contributed by atoms with van der Waals surface area (Å²) in [6, 6.07) is 15.8. The van der Waals surface area contributed by atoms with Crippen molar-refractivity contribution in [2.24, 2.45) is 0 Å². The lowest BCUT2D eigenvalue weighted by atomic mass is 10.2. The van der Waals surface area contributed by atoms with Crippen LogP contribution >= 0.6 is 11.8 Å². The predicted octanol–water partition coefficient (Wildman–Crippen LogP) is 3.32. The minimum Gasteiger partial charge on any atom is -0.368 e.